The molecule has 1 fully saturated rings. The average molecular weight is 502 g/mol. The predicted octanol–water partition coefficient (Wildman–Crippen LogP) is 5.56. The molecule has 1 saturated carbocycles. The lowest BCUT2D eigenvalue weighted by Gasteiger charge is -2.07. The normalized spacial score (nSPS) is 16.3. The molecule has 0 bridgehead atoms. The molecular formula is C24H23ClF3N7. The average Bonchev–Trinajstić information content (AvgIpc) is 3.50. The van der Waals surface area contributed by atoms with Gasteiger partial charge in [-0.1, -0.05) is 23.7 Å². The molecule has 1 aliphatic heterocycles. The van der Waals surface area contributed by atoms with Gasteiger partial charge in [0, 0.05) is 36.4 Å². The summed E-state index contributed by atoms with van der Waals surface area (Å²) >= 11 is 6.31. The van der Waals surface area contributed by atoms with Crippen molar-refractivity contribution < 1.29 is 13.2 Å². The maximum absolute atomic E-state index is 13.1. The molecule has 0 unspecified atom stereocenters. The molecule has 0 radical (unpaired) electrons. The van der Waals surface area contributed by atoms with Gasteiger partial charge in [-0.05, 0) is 44.7 Å². The number of fused-ring (bicyclic) bond motifs is 1. The van der Waals surface area contributed by atoms with Crippen molar-refractivity contribution in [2.75, 3.05) is 0 Å². The summed E-state index contributed by atoms with van der Waals surface area (Å²) in [5.41, 5.74) is 8.87. The van der Waals surface area contributed by atoms with Crippen molar-refractivity contribution in [1.82, 2.24) is 19.6 Å². The van der Waals surface area contributed by atoms with Gasteiger partial charge in [0.15, 0.2) is 11.6 Å². The second-order valence-electron chi connectivity index (χ2n) is 8.80. The van der Waals surface area contributed by atoms with Crippen LogP contribution >= 0.6 is 11.6 Å². The molecule has 2 N–H and O–H groups in total. The fraction of sp³-hybridized carbons (Fsp3) is 0.333. The molecule has 3 aromatic rings. The van der Waals surface area contributed by atoms with Gasteiger partial charge < -0.3 is 5.73 Å². The van der Waals surface area contributed by atoms with Crippen LogP contribution in [0.4, 0.5) is 19.0 Å². The maximum atomic E-state index is 13.1. The van der Waals surface area contributed by atoms with Gasteiger partial charge >= 0.3 is 6.18 Å². The molecule has 11 heteroatoms. The minimum absolute atomic E-state index is 0.208. The minimum atomic E-state index is -4.41. The largest absolute Gasteiger partial charge is 0.416 e. The van der Waals surface area contributed by atoms with Gasteiger partial charge in [-0.15, -0.1) is 0 Å². The van der Waals surface area contributed by atoms with Gasteiger partial charge in [0.1, 0.15) is 5.84 Å². The van der Waals surface area contributed by atoms with E-state index in [9.17, 15) is 13.2 Å². The molecule has 2 aliphatic rings. The standard InChI is InChI=1S/C24H23ClF3N7/c1-13-21(25)14(2)35(32-13)20-11-19(29)31-23-18(9-10-30-20)22(33-34(23)12-15-3-4-15)16-5-7-17(8-6-16)24(26,27)28/h5-8,10-11,15H,3-4,9,12H2,1-2H3,(H2,29,31). The molecule has 0 amide bonds. The molecule has 1 aliphatic carbocycles. The van der Waals surface area contributed by atoms with Crippen molar-refractivity contribution in [2.45, 2.75) is 45.8 Å². The van der Waals surface area contributed by atoms with Crippen LogP contribution in [0.15, 0.2) is 40.3 Å². The smallest absolute Gasteiger partial charge is 0.384 e. The third-order valence-electron chi connectivity index (χ3n) is 6.09. The topological polar surface area (TPSA) is 86.4 Å². The molecule has 0 atom stereocenters. The highest BCUT2D eigenvalue weighted by molar-refractivity contribution is 6.31. The van der Waals surface area contributed by atoms with E-state index in [1.165, 1.54) is 12.1 Å². The summed E-state index contributed by atoms with van der Waals surface area (Å²) < 4.78 is 42.7. The minimum Gasteiger partial charge on any atom is -0.384 e. The number of halogens is 4. The van der Waals surface area contributed by atoms with Crippen LogP contribution in [0.5, 0.6) is 0 Å². The number of amidine groups is 1. The van der Waals surface area contributed by atoms with Crippen molar-refractivity contribution in [3.63, 3.8) is 0 Å². The van der Waals surface area contributed by atoms with E-state index in [1.807, 2.05) is 6.92 Å². The molecule has 1 aromatic carbocycles. The van der Waals surface area contributed by atoms with E-state index in [2.05, 4.69) is 15.1 Å². The highest BCUT2D eigenvalue weighted by atomic mass is 35.5. The van der Waals surface area contributed by atoms with E-state index in [0.717, 1.165) is 36.2 Å². The van der Waals surface area contributed by atoms with Gasteiger partial charge in [0.05, 0.1) is 27.7 Å². The zero-order valence-corrected chi connectivity index (χ0v) is 19.9. The SMILES string of the molecule is Cc1nn(C2=CC(N)=Nc3c(c(-c4ccc(C(F)(F)F)cc4)nn3CC3CC3)CC=N2)c(C)c1Cl. The van der Waals surface area contributed by atoms with Gasteiger partial charge in [-0.25, -0.2) is 19.3 Å². The molecule has 0 spiro atoms. The lowest BCUT2D eigenvalue weighted by atomic mass is 10.0. The fourth-order valence-corrected chi connectivity index (χ4v) is 4.16. The zero-order chi connectivity index (χ0) is 24.9. The molecule has 182 valence electrons. The van der Waals surface area contributed by atoms with Gasteiger partial charge in [0.2, 0.25) is 0 Å². The lowest BCUT2D eigenvalue weighted by Crippen LogP contribution is -2.12. The number of hydrogen-bond donors (Lipinski definition) is 1. The summed E-state index contributed by atoms with van der Waals surface area (Å²) in [5, 5.41) is 9.74. The van der Waals surface area contributed by atoms with Crippen molar-refractivity contribution in [3.8, 4) is 11.3 Å². The predicted molar refractivity (Wildman–Crippen MR) is 130 cm³/mol. The number of alkyl halides is 3. The second kappa shape index (κ2) is 8.67. The number of aryl methyl sites for hydroxylation is 1. The highest BCUT2D eigenvalue weighted by Crippen LogP contribution is 2.38. The van der Waals surface area contributed by atoms with E-state index in [0.29, 0.717) is 52.5 Å². The van der Waals surface area contributed by atoms with Crippen LogP contribution in [0.1, 0.15) is 35.4 Å². The summed E-state index contributed by atoms with van der Waals surface area (Å²) in [4.78, 5) is 9.24. The summed E-state index contributed by atoms with van der Waals surface area (Å²) in [7, 11) is 0. The molecule has 5 rings (SSSR count). The Labute approximate surface area is 204 Å². The summed E-state index contributed by atoms with van der Waals surface area (Å²) in [6.07, 6.45) is 1.49. The fourth-order valence-electron chi connectivity index (χ4n) is 4.04. The Morgan fingerprint density at radius 2 is 1.83 bits per heavy atom. The Balaban J connectivity index is 1.59. The van der Waals surface area contributed by atoms with Crippen LogP contribution in [-0.2, 0) is 19.1 Å². The third-order valence-corrected chi connectivity index (χ3v) is 6.63. The third kappa shape index (κ3) is 4.62. The van der Waals surface area contributed by atoms with E-state index in [-0.39, 0.29) is 5.84 Å². The van der Waals surface area contributed by atoms with Gasteiger partial charge in [-0.3, -0.25) is 0 Å². The number of nitrogens with zero attached hydrogens (tertiary/aromatic N) is 6. The van der Waals surface area contributed by atoms with Gasteiger partial charge in [-0.2, -0.15) is 23.4 Å². The Morgan fingerprint density at radius 1 is 1.11 bits per heavy atom. The quantitative estimate of drug-likeness (QED) is 0.507. The molecule has 0 saturated heterocycles. The Bertz CT molecular complexity index is 1370. The van der Waals surface area contributed by atoms with Crippen LogP contribution in [0, 0.1) is 19.8 Å². The van der Waals surface area contributed by atoms with E-state index in [4.69, 9.17) is 22.4 Å². The summed E-state index contributed by atoms with van der Waals surface area (Å²) in [6.45, 7) is 4.31. The van der Waals surface area contributed by atoms with E-state index < -0.39 is 11.7 Å². The summed E-state index contributed by atoms with van der Waals surface area (Å²) in [6, 6.07) is 5.00. The first kappa shape index (κ1) is 23.3. The van der Waals surface area contributed by atoms with E-state index in [1.54, 1.807) is 28.6 Å². The summed E-state index contributed by atoms with van der Waals surface area (Å²) in [5.74, 6) is 1.75. The number of benzene rings is 1. The number of rotatable bonds is 4. The molecule has 2 aromatic heterocycles. The molecular weight excluding hydrogens is 479 g/mol. The Kier molecular flexibility index (Phi) is 5.79. The lowest BCUT2D eigenvalue weighted by molar-refractivity contribution is -0.137. The second-order valence-corrected chi connectivity index (χ2v) is 9.18. The van der Waals surface area contributed by atoms with Crippen LogP contribution < -0.4 is 5.73 Å². The Morgan fingerprint density at radius 3 is 2.43 bits per heavy atom. The first-order chi connectivity index (χ1) is 16.6. The Hall–Kier alpha value is -3.40. The number of nitrogens with two attached hydrogens (primary N) is 1. The number of aromatic nitrogens is 4. The monoisotopic (exact) mass is 501 g/mol. The molecule has 3 heterocycles. The van der Waals surface area contributed by atoms with Crippen molar-refractivity contribution >= 4 is 35.3 Å². The number of aliphatic imine (C=N–C) groups is 2. The van der Waals surface area contributed by atoms with Crippen molar-refractivity contribution in [1.29, 1.82) is 0 Å². The van der Waals surface area contributed by atoms with Crippen molar-refractivity contribution in [3.05, 3.63) is 57.9 Å². The van der Waals surface area contributed by atoms with Gasteiger partial charge in [0.25, 0.3) is 0 Å². The molecule has 7 nitrogen and oxygen atoms in total. The van der Waals surface area contributed by atoms with Crippen LogP contribution in [0.25, 0.3) is 17.1 Å². The first-order valence-corrected chi connectivity index (χ1v) is 11.6. The van der Waals surface area contributed by atoms with Crippen LogP contribution in [0.2, 0.25) is 5.02 Å². The first-order valence-electron chi connectivity index (χ1n) is 11.2. The zero-order valence-electron chi connectivity index (χ0n) is 19.1. The van der Waals surface area contributed by atoms with Crippen LogP contribution in [-0.4, -0.2) is 31.6 Å². The highest BCUT2D eigenvalue weighted by Gasteiger charge is 2.31. The number of hydrogen-bond acceptors (Lipinski definition) is 5. The molecule has 35 heavy (non-hydrogen) atoms. The van der Waals surface area contributed by atoms with E-state index >= 15 is 0 Å². The van der Waals surface area contributed by atoms with Crippen LogP contribution in [0.3, 0.4) is 0 Å². The maximum Gasteiger partial charge on any atom is 0.416 e. The van der Waals surface area contributed by atoms with Crippen molar-refractivity contribution in [2.24, 2.45) is 21.6 Å².